The number of amides is 1. The van der Waals surface area contributed by atoms with Crippen molar-refractivity contribution in [2.24, 2.45) is 5.92 Å². The number of hydrogen-bond donors (Lipinski definition) is 2. The molecule has 0 aliphatic heterocycles. The third-order valence-corrected chi connectivity index (χ3v) is 4.74. The van der Waals surface area contributed by atoms with Gasteiger partial charge in [-0.25, -0.2) is 0 Å². The largest absolute Gasteiger partial charge is 0.397 e. The van der Waals surface area contributed by atoms with E-state index in [0.717, 1.165) is 36.9 Å². The summed E-state index contributed by atoms with van der Waals surface area (Å²) in [6.45, 7) is 2.09. The van der Waals surface area contributed by atoms with E-state index in [2.05, 4.69) is 24.4 Å². The molecule has 3 N–H and O–H groups in total. The summed E-state index contributed by atoms with van der Waals surface area (Å²) < 4.78 is 0. The van der Waals surface area contributed by atoms with Gasteiger partial charge in [0.2, 0.25) is 5.91 Å². The molecule has 1 fully saturated rings. The molecule has 120 valence electrons. The number of benzene rings is 2. The molecule has 0 saturated heterocycles. The number of nitrogens with one attached hydrogen (secondary N) is 1. The Hall–Kier alpha value is -2.29. The van der Waals surface area contributed by atoms with E-state index in [4.69, 9.17) is 5.73 Å². The fourth-order valence-corrected chi connectivity index (χ4v) is 3.33. The van der Waals surface area contributed by atoms with Crippen LogP contribution in [0.15, 0.2) is 42.5 Å². The Bertz CT molecular complexity index is 703. The lowest BCUT2D eigenvalue weighted by molar-refractivity contribution is -0.120. The Labute approximate surface area is 137 Å². The molecule has 2 aromatic carbocycles. The predicted octanol–water partition coefficient (Wildman–Crippen LogP) is 4.76. The summed E-state index contributed by atoms with van der Waals surface area (Å²) in [5, 5.41) is 3.05. The van der Waals surface area contributed by atoms with E-state index < -0.39 is 0 Å². The van der Waals surface area contributed by atoms with Crippen LogP contribution in [0.1, 0.15) is 37.7 Å². The molecule has 0 spiro atoms. The molecule has 2 aromatic rings. The topological polar surface area (TPSA) is 55.1 Å². The minimum atomic E-state index is 0.110. The molecule has 0 heterocycles. The molecule has 1 saturated carbocycles. The number of hydrogen-bond acceptors (Lipinski definition) is 2. The highest BCUT2D eigenvalue weighted by Gasteiger charge is 2.21. The van der Waals surface area contributed by atoms with Gasteiger partial charge in [0.15, 0.2) is 0 Å². The van der Waals surface area contributed by atoms with Crippen LogP contribution in [0.25, 0.3) is 11.1 Å². The lowest BCUT2D eigenvalue weighted by Crippen LogP contribution is -2.25. The molecule has 23 heavy (non-hydrogen) atoms. The van der Waals surface area contributed by atoms with Gasteiger partial charge in [0, 0.05) is 5.92 Å². The summed E-state index contributed by atoms with van der Waals surface area (Å²) in [7, 11) is 0. The molecule has 3 heteroatoms. The van der Waals surface area contributed by atoms with Gasteiger partial charge in [0.25, 0.3) is 0 Å². The highest BCUT2D eigenvalue weighted by molar-refractivity contribution is 5.96. The summed E-state index contributed by atoms with van der Waals surface area (Å²) in [5.74, 6) is 0.239. The Morgan fingerprint density at radius 2 is 1.83 bits per heavy atom. The maximum atomic E-state index is 12.5. The summed E-state index contributed by atoms with van der Waals surface area (Å²) in [6, 6.07) is 14.1. The van der Waals surface area contributed by atoms with Gasteiger partial charge < -0.3 is 11.1 Å². The number of rotatable bonds is 3. The second-order valence-electron chi connectivity index (χ2n) is 6.44. The quantitative estimate of drug-likeness (QED) is 0.803. The summed E-state index contributed by atoms with van der Waals surface area (Å²) in [4.78, 5) is 12.5. The highest BCUT2D eigenvalue weighted by atomic mass is 16.1. The van der Waals surface area contributed by atoms with Crippen LogP contribution in [-0.4, -0.2) is 5.91 Å². The normalized spacial score (nSPS) is 15.3. The van der Waals surface area contributed by atoms with E-state index in [1.54, 1.807) is 0 Å². The van der Waals surface area contributed by atoms with Crippen molar-refractivity contribution in [3.8, 4) is 11.1 Å². The van der Waals surface area contributed by atoms with Crippen molar-refractivity contribution in [1.82, 2.24) is 0 Å². The Morgan fingerprint density at radius 1 is 1.09 bits per heavy atom. The van der Waals surface area contributed by atoms with Gasteiger partial charge in [-0.15, -0.1) is 0 Å². The van der Waals surface area contributed by atoms with Gasteiger partial charge in [-0.2, -0.15) is 0 Å². The number of nitrogen functional groups attached to an aromatic ring is 1. The molecule has 1 amide bonds. The number of nitrogens with two attached hydrogens (primary N) is 1. The second-order valence-corrected chi connectivity index (χ2v) is 6.44. The molecule has 0 atom stereocenters. The van der Waals surface area contributed by atoms with E-state index in [-0.39, 0.29) is 11.8 Å². The molecular weight excluding hydrogens is 284 g/mol. The van der Waals surface area contributed by atoms with E-state index in [1.807, 2.05) is 30.3 Å². The number of aryl methyl sites for hydroxylation is 1. The molecule has 0 aromatic heterocycles. The molecule has 0 unspecified atom stereocenters. The standard InChI is InChI=1S/C20H24N2O/c1-14-7-5-6-10-17(14)16-11-12-18(21)19(13-16)22-20(23)15-8-3-2-4-9-15/h5-7,10-13,15H,2-4,8-9,21H2,1H3,(H,22,23). The zero-order valence-electron chi connectivity index (χ0n) is 13.6. The van der Waals surface area contributed by atoms with Crippen LogP contribution in [-0.2, 0) is 4.79 Å². The van der Waals surface area contributed by atoms with Crippen LogP contribution >= 0.6 is 0 Å². The van der Waals surface area contributed by atoms with Gasteiger partial charge in [0.1, 0.15) is 0 Å². The Morgan fingerprint density at radius 3 is 2.57 bits per heavy atom. The van der Waals surface area contributed by atoms with E-state index >= 15 is 0 Å². The minimum absolute atomic E-state index is 0.110. The van der Waals surface area contributed by atoms with Gasteiger partial charge in [-0.1, -0.05) is 49.6 Å². The lowest BCUT2D eigenvalue weighted by atomic mass is 9.88. The monoisotopic (exact) mass is 308 g/mol. The van der Waals surface area contributed by atoms with Crippen molar-refractivity contribution >= 4 is 17.3 Å². The van der Waals surface area contributed by atoms with E-state index in [0.29, 0.717) is 5.69 Å². The van der Waals surface area contributed by atoms with Crippen LogP contribution in [0.2, 0.25) is 0 Å². The average Bonchev–Trinajstić information content (AvgIpc) is 2.58. The number of carbonyl (C=O) groups is 1. The molecule has 0 bridgehead atoms. The van der Waals surface area contributed by atoms with Gasteiger partial charge in [-0.05, 0) is 48.6 Å². The van der Waals surface area contributed by atoms with Crippen molar-refractivity contribution in [2.75, 3.05) is 11.1 Å². The molecule has 3 rings (SSSR count). The molecule has 1 aliphatic rings. The fraction of sp³-hybridized carbons (Fsp3) is 0.350. The zero-order chi connectivity index (χ0) is 16.2. The molecular formula is C20H24N2O. The smallest absolute Gasteiger partial charge is 0.227 e. The first-order chi connectivity index (χ1) is 11.1. The van der Waals surface area contributed by atoms with Crippen molar-refractivity contribution in [2.45, 2.75) is 39.0 Å². The first kappa shape index (κ1) is 15.6. The van der Waals surface area contributed by atoms with E-state index in [9.17, 15) is 4.79 Å². The van der Waals surface area contributed by atoms with Crippen molar-refractivity contribution in [1.29, 1.82) is 0 Å². The first-order valence-electron chi connectivity index (χ1n) is 8.41. The fourth-order valence-electron chi connectivity index (χ4n) is 3.33. The maximum Gasteiger partial charge on any atom is 0.227 e. The van der Waals surface area contributed by atoms with Crippen LogP contribution in [0.4, 0.5) is 11.4 Å². The summed E-state index contributed by atoms with van der Waals surface area (Å²) in [6.07, 6.45) is 5.52. The van der Waals surface area contributed by atoms with Crippen LogP contribution in [0.5, 0.6) is 0 Å². The minimum Gasteiger partial charge on any atom is -0.397 e. The second kappa shape index (κ2) is 6.86. The van der Waals surface area contributed by atoms with E-state index in [1.165, 1.54) is 17.5 Å². The predicted molar refractivity (Wildman–Crippen MR) is 96.2 cm³/mol. The van der Waals surface area contributed by atoms with Gasteiger partial charge >= 0.3 is 0 Å². The maximum absolute atomic E-state index is 12.5. The third-order valence-electron chi connectivity index (χ3n) is 4.74. The summed E-state index contributed by atoms with van der Waals surface area (Å²) in [5.41, 5.74) is 10.9. The van der Waals surface area contributed by atoms with Gasteiger partial charge in [0.05, 0.1) is 11.4 Å². The highest BCUT2D eigenvalue weighted by Crippen LogP contribution is 2.31. The van der Waals surface area contributed by atoms with Crippen LogP contribution in [0.3, 0.4) is 0 Å². The SMILES string of the molecule is Cc1ccccc1-c1ccc(N)c(NC(=O)C2CCCCC2)c1. The molecule has 0 radical (unpaired) electrons. The zero-order valence-corrected chi connectivity index (χ0v) is 13.6. The average molecular weight is 308 g/mol. The van der Waals surface area contributed by atoms with Crippen molar-refractivity contribution in [3.05, 3.63) is 48.0 Å². The first-order valence-corrected chi connectivity index (χ1v) is 8.41. The Balaban J connectivity index is 1.83. The van der Waals surface area contributed by atoms with Crippen LogP contribution in [0, 0.1) is 12.8 Å². The Kier molecular flexibility index (Phi) is 4.65. The van der Waals surface area contributed by atoms with Crippen LogP contribution < -0.4 is 11.1 Å². The summed E-state index contributed by atoms with van der Waals surface area (Å²) >= 11 is 0. The molecule has 1 aliphatic carbocycles. The number of anilines is 2. The molecule has 3 nitrogen and oxygen atoms in total. The third kappa shape index (κ3) is 3.55. The van der Waals surface area contributed by atoms with Crippen molar-refractivity contribution < 1.29 is 4.79 Å². The van der Waals surface area contributed by atoms with Gasteiger partial charge in [-0.3, -0.25) is 4.79 Å². The lowest BCUT2D eigenvalue weighted by Gasteiger charge is -2.21. The van der Waals surface area contributed by atoms with Crippen molar-refractivity contribution in [3.63, 3.8) is 0 Å². The number of carbonyl (C=O) groups excluding carboxylic acids is 1.